The number of benzene rings is 3. The van der Waals surface area contributed by atoms with Gasteiger partial charge in [-0.2, -0.15) is 0 Å². The molecule has 6 rings (SSSR count). The number of imidazole rings is 1. The smallest absolute Gasteiger partial charge is 0.323 e. The van der Waals surface area contributed by atoms with Crippen molar-refractivity contribution in [1.82, 2.24) is 19.7 Å². The van der Waals surface area contributed by atoms with Crippen LogP contribution < -0.4 is 21.0 Å². The van der Waals surface area contributed by atoms with Gasteiger partial charge in [-0.3, -0.25) is 14.9 Å². The molecule has 2 aromatic heterocycles. The molecule has 198 valence electrons. The van der Waals surface area contributed by atoms with E-state index in [0.29, 0.717) is 16.8 Å². The van der Waals surface area contributed by atoms with E-state index in [2.05, 4.69) is 55.2 Å². The highest BCUT2D eigenvalue weighted by atomic mass is 16.1. The maximum Gasteiger partial charge on any atom is 0.323 e. The van der Waals surface area contributed by atoms with Crippen LogP contribution in [0.25, 0.3) is 16.7 Å². The minimum atomic E-state index is -0.260. The van der Waals surface area contributed by atoms with Gasteiger partial charge >= 0.3 is 5.69 Å². The number of rotatable bonds is 5. The van der Waals surface area contributed by atoms with Gasteiger partial charge in [0.2, 0.25) is 0 Å². The number of aromatic nitrogens is 4. The quantitative estimate of drug-likeness (QED) is 0.299. The number of nitrogens with one attached hydrogen (secondary N) is 3. The van der Waals surface area contributed by atoms with Gasteiger partial charge in [0.05, 0.1) is 33.7 Å². The van der Waals surface area contributed by atoms with Crippen LogP contribution in [-0.2, 0) is 0 Å². The molecule has 3 aromatic carbocycles. The van der Waals surface area contributed by atoms with Crippen LogP contribution in [0.5, 0.6) is 0 Å². The molecule has 9 heteroatoms. The first-order chi connectivity index (χ1) is 18.9. The molecule has 39 heavy (non-hydrogen) atoms. The first kappa shape index (κ1) is 24.5. The summed E-state index contributed by atoms with van der Waals surface area (Å²) in [5.74, 6) is 0. The van der Waals surface area contributed by atoms with E-state index in [0.717, 1.165) is 59.9 Å². The van der Waals surface area contributed by atoms with Crippen LogP contribution >= 0.6 is 0 Å². The maximum absolute atomic E-state index is 13.4. The van der Waals surface area contributed by atoms with E-state index in [1.807, 2.05) is 51.1 Å². The largest absolute Gasteiger partial charge is 0.368 e. The number of hydrogen-bond donors (Lipinski definition) is 3. The minimum absolute atomic E-state index is 0.155. The molecule has 1 saturated heterocycles. The molecule has 1 aliphatic rings. The van der Waals surface area contributed by atoms with Gasteiger partial charge in [-0.15, -0.1) is 0 Å². The fourth-order valence-corrected chi connectivity index (χ4v) is 5.33. The first-order valence-electron chi connectivity index (χ1n) is 13.1. The second-order valence-corrected chi connectivity index (χ2v) is 10.1. The minimum Gasteiger partial charge on any atom is -0.368 e. The Hall–Kier alpha value is -4.79. The predicted octanol–water partition coefficient (Wildman–Crippen LogP) is 4.34. The summed E-state index contributed by atoms with van der Waals surface area (Å²) in [7, 11) is 0. The van der Waals surface area contributed by atoms with Gasteiger partial charge in [0.15, 0.2) is 0 Å². The Morgan fingerprint density at radius 3 is 2.21 bits per heavy atom. The average molecular weight is 522 g/mol. The van der Waals surface area contributed by atoms with Crippen LogP contribution in [0, 0.1) is 20.8 Å². The lowest BCUT2D eigenvalue weighted by molar-refractivity contribution is 0.654. The van der Waals surface area contributed by atoms with Crippen molar-refractivity contribution in [3.05, 3.63) is 104 Å². The summed E-state index contributed by atoms with van der Waals surface area (Å²) in [6.07, 6.45) is 1.63. The predicted molar refractivity (Wildman–Crippen MR) is 158 cm³/mol. The van der Waals surface area contributed by atoms with Crippen molar-refractivity contribution in [3.63, 3.8) is 0 Å². The lowest BCUT2D eigenvalue weighted by Crippen LogP contribution is -2.46. The second kappa shape index (κ2) is 9.83. The molecule has 5 aromatic rings. The van der Waals surface area contributed by atoms with Gasteiger partial charge in [-0.1, -0.05) is 35.9 Å². The van der Waals surface area contributed by atoms with Gasteiger partial charge in [-0.25, -0.2) is 9.48 Å². The standard InChI is InChI=1S/C30H31N7O2/c1-19-9-10-27(20(2)15-19)37-29(38)23(21(3)34-37)18-31-26-16-24-25(33-30(39)32-24)17-28(26)36-13-11-35(12-14-36)22-7-5-4-6-8-22/h4-10,15-18,34H,11-14H2,1-3H3,(H2,32,33,39). The fraction of sp³-hybridized carbons (Fsp3) is 0.233. The van der Waals surface area contributed by atoms with Gasteiger partial charge in [0.1, 0.15) is 0 Å². The molecular formula is C30H31N7O2. The van der Waals surface area contributed by atoms with Crippen LogP contribution in [0.4, 0.5) is 17.1 Å². The zero-order valence-electron chi connectivity index (χ0n) is 22.3. The SMILES string of the molecule is Cc1ccc(-n2[nH]c(C)c(C=Nc3cc4[nH]c(=O)[nH]c4cc3N3CCN(c4ccccc4)CC3)c2=O)c(C)c1. The van der Waals surface area contributed by atoms with E-state index in [1.165, 1.54) is 5.69 Å². The van der Waals surface area contributed by atoms with Crippen LogP contribution in [0.1, 0.15) is 22.4 Å². The summed E-state index contributed by atoms with van der Waals surface area (Å²) in [6.45, 7) is 9.25. The molecule has 0 bridgehead atoms. The zero-order chi connectivity index (χ0) is 27.1. The highest BCUT2D eigenvalue weighted by molar-refractivity contribution is 5.91. The van der Waals surface area contributed by atoms with Crippen molar-refractivity contribution in [1.29, 1.82) is 0 Å². The van der Waals surface area contributed by atoms with Crippen molar-refractivity contribution >= 4 is 34.3 Å². The number of nitrogens with zero attached hydrogens (tertiary/aromatic N) is 4. The number of fused-ring (bicyclic) bond motifs is 1. The number of aliphatic imine (C=N–C) groups is 1. The van der Waals surface area contributed by atoms with Crippen LogP contribution in [0.2, 0.25) is 0 Å². The molecular weight excluding hydrogens is 490 g/mol. The Morgan fingerprint density at radius 1 is 0.795 bits per heavy atom. The number of aryl methyl sites for hydroxylation is 3. The molecule has 0 saturated carbocycles. The molecule has 1 fully saturated rings. The maximum atomic E-state index is 13.4. The van der Waals surface area contributed by atoms with E-state index in [9.17, 15) is 9.59 Å². The molecule has 0 atom stereocenters. The molecule has 9 nitrogen and oxygen atoms in total. The number of piperazine rings is 1. The Balaban J connectivity index is 1.34. The normalized spacial score (nSPS) is 14.1. The summed E-state index contributed by atoms with van der Waals surface area (Å²) in [4.78, 5) is 40.6. The van der Waals surface area contributed by atoms with Gasteiger partial charge in [0.25, 0.3) is 5.56 Å². The molecule has 0 aliphatic carbocycles. The highest BCUT2D eigenvalue weighted by Crippen LogP contribution is 2.33. The lowest BCUT2D eigenvalue weighted by atomic mass is 10.1. The summed E-state index contributed by atoms with van der Waals surface area (Å²) >= 11 is 0. The first-order valence-corrected chi connectivity index (χ1v) is 13.1. The lowest BCUT2D eigenvalue weighted by Gasteiger charge is -2.37. The van der Waals surface area contributed by atoms with E-state index >= 15 is 0 Å². The average Bonchev–Trinajstić information content (AvgIpc) is 3.44. The number of para-hydroxylation sites is 1. The Bertz CT molecular complexity index is 1800. The Labute approximate surface area is 225 Å². The molecule has 1 aliphatic heterocycles. The molecule has 0 spiro atoms. The molecule has 3 heterocycles. The monoisotopic (exact) mass is 521 g/mol. The van der Waals surface area contributed by atoms with Crippen LogP contribution in [-0.4, -0.2) is 52.1 Å². The number of hydrogen-bond acceptors (Lipinski definition) is 5. The van der Waals surface area contributed by atoms with Gasteiger partial charge in [0, 0.05) is 43.8 Å². The topological polar surface area (TPSA) is 105 Å². The van der Waals surface area contributed by atoms with Crippen LogP contribution in [0.15, 0.2) is 75.2 Å². The second-order valence-electron chi connectivity index (χ2n) is 10.1. The third kappa shape index (κ3) is 4.67. The molecule has 0 amide bonds. The number of aromatic amines is 3. The van der Waals surface area contributed by atoms with Gasteiger partial charge in [-0.05, 0) is 56.7 Å². The zero-order valence-corrected chi connectivity index (χ0v) is 22.3. The van der Waals surface area contributed by atoms with E-state index in [4.69, 9.17) is 4.99 Å². The third-order valence-corrected chi connectivity index (χ3v) is 7.40. The fourth-order valence-electron chi connectivity index (χ4n) is 5.33. The highest BCUT2D eigenvalue weighted by Gasteiger charge is 2.21. The van der Waals surface area contributed by atoms with Crippen molar-refractivity contribution in [2.45, 2.75) is 20.8 Å². The molecule has 0 radical (unpaired) electrons. The van der Waals surface area contributed by atoms with E-state index in [-0.39, 0.29) is 11.2 Å². The van der Waals surface area contributed by atoms with E-state index < -0.39 is 0 Å². The summed E-state index contributed by atoms with van der Waals surface area (Å²) in [5.41, 5.74) is 8.03. The van der Waals surface area contributed by atoms with Crippen molar-refractivity contribution in [2.24, 2.45) is 4.99 Å². The molecule has 0 unspecified atom stereocenters. The Morgan fingerprint density at radius 2 is 1.49 bits per heavy atom. The number of H-pyrrole nitrogens is 3. The third-order valence-electron chi connectivity index (χ3n) is 7.40. The van der Waals surface area contributed by atoms with Gasteiger partial charge < -0.3 is 19.8 Å². The number of anilines is 2. The molecule has 3 N–H and O–H groups in total. The van der Waals surface area contributed by atoms with E-state index in [1.54, 1.807) is 10.9 Å². The summed E-state index contributed by atoms with van der Waals surface area (Å²) in [6, 6.07) is 20.2. The summed E-state index contributed by atoms with van der Waals surface area (Å²) < 4.78 is 1.57. The van der Waals surface area contributed by atoms with Crippen molar-refractivity contribution < 1.29 is 0 Å². The van der Waals surface area contributed by atoms with Crippen LogP contribution in [0.3, 0.4) is 0 Å². The van der Waals surface area contributed by atoms with Crippen molar-refractivity contribution in [3.8, 4) is 5.69 Å². The summed E-state index contributed by atoms with van der Waals surface area (Å²) in [5, 5.41) is 3.20. The Kier molecular flexibility index (Phi) is 6.18. The van der Waals surface area contributed by atoms with Crippen molar-refractivity contribution in [2.75, 3.05) is 36.0 Å².